The molecule has 0 fully saturated rings. The first-order valence-electron chi connectivity index (χ1n) is 8.79. The van der Waals surface area contributed by atoms with E-state index >= 15 is 0 Å². The molecule has 0 aliphatic carbocycles. The third-order valence-electron chi connectivity index (χ3n) is 4.80. The molecule has 0 saturated carbocycles. The van der Waals surface area contributed by atoms with Crippen LogP contribution in [0.15, 0.2) is 42.6 Å². The lowest BCUT2D eigenvalue weighted by Gasteiger charge is -2.22. The van der Waals surface area contributed by atoms with Crippen LogP contribution >= 0.6 is 0 Å². The topological polar surface area (TPSA) is 3.88 Å². The van der Waals surface area contributed by atoms with E-state index in [1.807, 2.05) is 37.5 Å². The largest absolute Gasteiger partial charge is 0.417 e. The summed E-state index contributed by atoms with van der Waals surface area (Å²) in [6.45, 7) is 12.3. The lowest BCUT2D eigenvalue weighted by molar-refractivity contribution is -0.729. The smallest absolute Gasteiger partial charge is 0.193 e. The van der Waals surface area contributed by atoms with E-state index in [1.165, 1.54) is 6.07 Å². The zero-order valence-corrected chi connectivity index (χ0v) is 16.1. The van der Waals surface area contributed by atoms with E-state index in [2.05, 4.69) is 26.8 Å². The molecule has 0 bridgehead atoms. The van der Waals surface area contributed by atoms with Gasteiger partial charge in [-0.3, -0.25) is 0 Å². The Balaban J connectivity index is 2.54. The molecule has 1 aromatic heterocycles. The minimum atomic E-state index is -4.38. The number of hydrogen-bond acceptors (Lipinski definition) is 0. The molecular weight excluding hydrogens is 335 g/mol. The Morgan fingerprint density at radius 2 is 1.42 bits per heavy atom. The average Bonchev–Trinajstić information content (AvgIpc) is 2.50. The van der Waals surface area contributed by atoms with Crippen molar-refractivity contribution >= 4 is 21.7 Å². The molecule has 0 N–H and O–H groups in total. The van der Waals surface area contributed by atoms with Gasteiger partial charge in [0.2, 0.25) is 5.52 Å². The molecule has 1 heterocycles. The number of benzene rings is 2. The van der Waals surface area contributed by atoms with Gasteiger partial charge in [-0.1, -0.05) is 39.0 Å². The number of halogens is 3. The van der Waals surface area contributed by atoms with Crippen LogP contribution in [0.4, 0.5) is 13.2 Å². The van der Waals surface area contributed by atoms with Crippen molar-refractivity contribution < 1.29 is 17.7 Å². The first kappa shape index (κ1) is 18.7. The molecule has 3 rings (SSSR count). The molecule has 0 atom stereocenters. The number of nitrogens with zero attached hydrogens (tertiary/aromatic N) is 1. The molecule has 0 aliphatic rings. The van der Waals surface area contributed by atoms with Gasteiger partial charge in [-0.25, -0.2) is 0 Å². The number of rotatable bonds is 0. The molecule has 0 unspecified atom stereocenters. The second-order valence-corrected chi connectivity index (χ2v) is 8.92. The predicted molar refractivity (Wildman–Crippen MR) is 100 cm³/mol. The molecule has 1 nitrogen and oxygen atoms in total. The standard InChI is InChI=1S/C22H25F3N/c1-20(2,3)14-10-11-19-16(12-14)15-8-7-9-18(22(23,24)25)17(15)13-26(19)21(4,5)6/h7-13H,1-6H3/q+1. The molecule has 0 spiro atoms. The SMILES string of the molecule is CC(C)(C)c1ccc2c(c1)c1cccc(C(F)(F)F)c1c[n+]2C(C)(C)C. The summed E-state index contributed by atoms with van der Waals surface area (Å²) >= 11 is 0. The first-order valence-corrected chi connectivity index (χ1v) is 8.79. The first-order chi connectivity index (χ1) is 11.8. The van der Waals surface area contributed by atoms with Crippen LogP contribution in [0.2, 0.25) is 0 Å². The predicted octanol–water partition coefficient (Wildman–Crippen LogP) is 6.35. The Kier molecular flexibility index (Phi) is 4.10. The summed E-state index contributed by atoms with van der Waals surface area (Å²) in [5, 5.41) is 1.74. The maximum Gasteiger partial charge on any atom is 0.417 e. The Labute approximate surface area is 152 Å². The molecular formula is C22H25F3N+. The lowest BCUT2D eigenvalue weighted by Crippen LogP contribution is -2.50. The van der Waals surface area contributed by atoms with Gasteiger partial charge in [0.1, 0.15) is 0 Å². The summed E-state index contributed by atoms with van der Waals surface area (Å²) in [7, 11) is 0. The molecule has 0 amide bonds. The fourth-order valence-electron chi connectivity index (χ4n) is 3.37. The summed E-state index contributed by atoms with van der Waals surface area (Å²) in [4.78, 5) is 0. The minimum Gasteiger partial charge on any atom is -0.193 e. The molecule has 2 aromatic carbocycles. The molecule has 26 heavy (non-hydrogen) atoms. The second kappa shape index (κ2) is 5.70. The van der Waals surface area contributed by atoms with Crippen molar-refractivity contribution in [2.45, 2.75) is 58.7 Å². The number of fused-ring (bicyclic) bond motifs is 3. The van der Waals surface area contributed by atoms with Crippen LogP contribution in [0.25, 0.3) is 21.7 Å². The van der Waals surface area contributed by atoms with Crippen molar-refractivity contribution in [3.63, 3.8) is 0 Å². The molecule has 0 aliphatic heterocycles. The van der Waals surface area contributed by atoms with Crippen LogP contribution in [-0.4, -0.2) is 0 Å². The van der Waals surface area contributed by atoms with E-state index in [1.54, 1.807) is 12.3 Å². The molecule has 138 valence electrons. The van der Waals surface area contributed by atoms with Crippen LogP contribution in [-0.2, 0) is 17.1 Å². The van der Waals surface area contributed by atoms with Crippen LogP contribution < -0.4 is 4.57 Å². The van der Waals surface area contributed by atoms with Crippen molar-refractivity contribution in [2.75, 3.05) is 0 Å². The lowest BCUT2D eigenvalue weighted by atomic mass is 9.85. The van der Waals surface area contributed by atoms with Crippen molar-refractivity contribution in [3.05, 3.63) is 53.7 Å². The highest BCUT2D eigenvalue weighted by Crippen LogP contribution is 2.37. The minimum absolute atomic E-state index is 0.0788. The highest BCUT2D eigenvalue weighted by Gasteiger charge is 2.35. The highest BCUT2D eigenvalue weighted by molar-refractivity contribution is 6.05. The van der Waals surface area contributed by atoms with E-state index in [-0.39, 0.29) is 16.3 Å². The van der Waals surface area contributed by atoms with Crippen LogP contribution in [0.3, 0.4) is 0 Å². The highest BCUT2D eigenvalue weighted by atomic mass is 19.4. The normalized spacial score (nSPS) is 13.6. The van der Waals surface area contributed by atoms with Crippen LogP contribution in [0.5, 0.6) is 0 Å². The average molecular weight is 360 g/mol. The van der Waals surface area contributed by atoms with Gasteiger partial charge in [-0.2, -0.15) is 17.7 Å². The summed E-state index contributed by atoms with van der Waals surface area (Å²) in [6, 6.07) is 10.6. The van der Waals surface area contributed by atoms with Crippen molar-refractivity contribution in [2.24, 2.45) is 0 Å². The Bertz CT molecular complexity index is 987. The van der Waals surface area contributed by atoms with Gasteiger partial charge in [0.15, 0.2) is 11.7 Å². The van der Waals surface area contributed by atoms with E-state index in [0.717, 1.165) is 22.5 Å². The number of pyridine rings is 1. The van der Waals surface area contributed by atoms with Gasteiger partial charge < -0.3 is 0 Å². The van der Waals surface area contributed by atoms with Crippen molar-refractivity contribution in [3.8, 4) is 0 Å². The summed E-state index contributed by atoms with van der Waals surface area (Å²) in [6.07, 6.45) is -2.73. The van der Waals surface area contributed by atoms with Crippen LogP contribution in [0.1, 0.15) is 52.7 Å². The monoisotopic (exact) mass is 360 g/mol. The summed E-state index contributed by atoms with van der Waals surface area (Å²) in [5.41, 5.74) is 1.04. The second-order valence-electron chi connectivity index (χ2n) is 8.92. The number of alkyl halides is 3. The third-order valence-corrected chi connectivity index (χ3v) is 4.80. The van der Waals surface area contributed by atoms with E-state index in [0.29, 0.717) is 5.39 Å². The Hall–Kier alpha value is -2.10. The molecule has 4 heteroatoms. The zero-order chi connectivity index (χ0) is 19.5. The molecule has 0 saturated heterocycles. The third kappa shape index (κ3) is 3.17. The maximum atomic E-state index is 13.6. The van der Waals surface area contributed by atoms with Gasteiger partial charge in [0.25, 0.3) is 0 Å². The maximum absolute atomic E-state index is 13.6. The van der Waals surface area contributed by atoms with Crippen molar-refractivity contribution in [1.29, 1.82) is 0 Å². The van der Waals surface area contributed by atoms with Crippen molar-refractivity contribution in [1.82, 2.24) is 0 Å². The van der Waals surface area contributed by atoms with Crippen LogP contribution in [0, 0.1) is 0 Å². The van der Waals surface area contributed by atoms with Gasteiger partial charge in [-0.05, 0) is 23.1 Å². The van der Waals surface area contributed by atoms with E-state index < -0.39 is 11.7 Å². The fraction of sp³-hybridized carbons (Fsp3) is 0.409. The van der Waals surface area contributed by atoms with Gasteiger partial charge in [0.05, 0.1) is 16.3 Å². The summed E-state index contributed by atoms with van der Waals surface area (Å²) in [5.74, 6) is 0. The fourth-order valence-corrected chi connectivity index (χ4v) is 3.37. The van der Waals surface area contributed by atoms with E-state index in [9.17, 15) is 13.2 Å². The molecule has 3 aromatic rings. The quantitative estimate of drug-likeness (QED) is 0.325. The van der Waals surface area contributed by atoms with E-state index in [4.69, 9.17) is 0 Å². The molecule has 0 radical (unpaired) electrons. The Morgan fingerprint density at radius 1 is 0.769 bits per heavy atom. The Morgan fingerprint density at radius 3 is 1.96 bits per heavy atom. The van der Waals surface area contributed by atoms with Gasteiger partial charge in [-0.15, -0.1) is 0 Å². The van der Waals surface area contributed by atoms with Gasteiger partial charge >= 0.3 is 6.18 Å². The number of aromatic nitrogens is 1. The summed E-state index contributed by atoms with van der Waals surface area (Å²) < 4.78 is 42.8. The number of hydrogen-bond donors (Lipinski definition) is 0. The van der Waals surface area contributed by atoms with Gasteiger partial charge in [0, 0.05) is 32.2 Å². The zero-order valence-electron chi connectivity index (χ0n) is 16.1.